The molecule has 2 heterocycles. The molecule has 1 atom stereocenters. The van der Waals surface area contributed by atoms with Gasteiger partial charge in [-0.2, -0.15) is 0 Å². The van der Waals surface area contributed by atoms with Crippen molar-refractivity contribution in [3.63, 3.8) is 0 Å². The predicted octanol–water partition coefficient (Wildman–Crippen LogP) is 2.39. The van der Waals surface area contributed by atoms with Crippen molar-refractivity contribution in [1.82, 2.24) is 36.0 Å². The second-order valence-electron chi connectivity index (χ2n) is 11.4. The zero-order valence-corrected chi connectivity index (χ0v) is 27.0. The number of benzene rings is 2. The molecule has 0 radical (unpaired) electrons. The van der Waals surface area contributed by atoms with Gasteiger partial charge in [0.15, 0.2) is 5.82 Å². The molecule has 1 aliphatic heterocycles. The van der Waals surface area contributed by atoms with Gasteiger partial charge in [-0.25, -0.2) is 4.79 Å². The Morgan fingerprint density at radius 1 is 0.891 bits per heavy atom. The first-order valence-corrected chi connectivity index (χ1v) is 14.9. The van der Waals surface area contributed by atoms with Crippen LogP contribution in [0.1, 0.15) is 56.0 Å². The van der Waals surface area contributed by atoms with Gasteiger partial charge in [-0.05, 0) is 58.0 Å². The molecule has 14 nitrogen and oxygen atoms in total. The zero-order valence-electron chi connectivity index (χ0n) is 26.3. The molecule has 1 unspecified atom stereocenters. The smallest absolute Gasteiger partial charge is 0.408 e. The molecule has 1 aromatic heterocycles. The number of aryl methyl sites for hydroxylation is 1. The first kappa shape index (κ1) is 33.9. The van der Waals surface area contributed by atoms with Crippen LogP contribution in [-0.4, -0.2) is 83.2 Å². The Labute approximate surface area is 271 Å². The van der Waals surface area contributed by atoms with Gasteiger partial charge in [-0.1, -0.05) is 23.7 Å². The van der Waals surface area contributed by atoms with Gasteiger partial charge in [0.2, 0.25) is 17.7 Å². The average Bonchev–Trinajstić information content (AvgIpc) is 3.33. The fourth-order valence-corrected chi connectivity index (χ4v) is 4.72. The fraction of sp³-hybridized carbons (Fsp3) is 0.387. The van der Waals surface area contributed by atoms with Crippen LogP contribution in [0.25, 0.3) is 5.69 Å². The summed E-state index contributed by atoms with van der Waals surface area (Å²) in [6, 6.07) is 12.2. The first-order chi connectivity index (χ1) is 21.8. The molecular weight excluding hydrogens is 616 g/mol. The average molecular weight is 653 g/mol. The van der Waals surface area contributed by atoms with Crippen LogP contribution < -0.4 is 26.0 Å². The van der Waals surface area contributed by atoms with E-state index < -0.39 is 29.6 Å². The highest BCUT2D eigenvalue weighted by Gasteiger charge is 2.30. The van der Waals surface area contributed by atoms with E-state index in [1.807, 2.05) is 41.8 Å². The Hall–Kier alpha value is -4.98. The number of nitrogens with one attached hydrogen (secondary N) is 4. The highest BCUT2D eigenvalue weighted by molar-refractivity contribution is 6.30. The maximum Gasteiger partial charge on any atom is 0.408 e. The molecule has 0 aliphatic carbocycles. The second-order valence-corrected chi connectivity index (χ2v) is 11.8. The molecule has 0 saturated carbocycles. The van der Waals surface area contributed by atoms with E-state index in [-0.39, 0.29) is 38.5 Å². The van der Waals surface area contributed by atoms with E-state index in [0.717, 1.165) is 16.8 Å². The van der Waals surface area contributed by atoms with Gasteiger partial charge in [-0.15, -0.1) is 10.2 Å². The minimum Gasteiger partial charge on any atom is -0.497 e. The lowest BCUT2D eigenvalue weighted by Crippen LogP contribution is -2.44. The summed E-state index contributed by atoms with van der Waals surface area (Å²) in [4.78, 5) is 53.8. The lowest BCUT2D eigenvalue weighted by Gasteiger charge is -2.19. The van der Waals surface area contributed by atoms with Crippen LogP contribution in [0.5, 0.6) is 5.75 Å². The topological polar surface area (TPSA) is 178 Å². The van der Waals surface area contributed by atoms with Crippen molar-refractivity contribution in [2.24, 2.45) is 4.99 Å². The Kier molecular flexibility index (Phi) is 11.0. The number of carbonyl (C=O) groups excluding carboxylic acids is 4. The van der Waals surface area contributed by atoms with Crippen molar-refractivity contribution in [2.45, 2.75) is 45.8 Å². The summed E-state index contributed by atoms with van der Waals surface area (Å²) >= 11 is 6.16. The zero-order chi connectivity index (χ0) is 33.4. The van der Waals surface area contributed by atoms with Crippen LogP contribution in [0.2, 0.25) is 5.02 Å². The number of amides is 4. The Morgan fingerprint density at radius 3 is 2.22 bits per heavy atom. The summed E-state index contributed by atoms with van der Waals surface area (Å²) in [6.07, 6.45) is -0.770. The van der Waals surface area contributed by atoms with E-state index >= 15 is 0 Å². The van der Waals surface area contributed by atoms with Crippen molar-refractivity contribution >= 4 is 41.1 Å². The molecule has 3 aromatic rings. The van der Waals surface area contributed by atoms with E-state index in [4.69, 9.17) is 26.1 Å². The van der Waals surface area contributed by atoms with Gasteiger partial charge >= 0.3 is 6.09 Å². The number of aromatic nitrogens is 3. The molecule has 4 rings (SSSR count). The molecule has 4 N–H and O–H groups in total. The summed E-state index contributed by atoms with van der Waals surface area (Å²) in [6.45, 7) is 6.57. The van der Waals surface area contributed by atoms with E-state index in [1.165, 1.54) is 0 Å². The van der Waals surface area contributed by atoms with E-state index in [0.29, 0.717) is 28.1 Å². The van der Waals surface area contributed by atoms with E-state index in [1.54, 1.807) is 40.0 Å². The van der Waals surface area contributed by atoms with Crippen LogP contribution in [-0.2, 0) is 19.1 Å². The summed E-state index contributed by atoms with van der Waals surface area (Å²) in [5.41, 5.74) is 2.33. The van der Waals surface area contributed by atoms with Gasteiger partial charge in [0.1, 0.15) is 29.8 Å². The molecule has 0 saturated heterocycles. The van der Waals surface area contributed by atoms with Crippen molar-refractivity contribution in [3.8, 4) is 11.4 Å². The van der Waals surface area contributed by atoms with Crippen LogP contribution >= 0.6 is 11.6 Å². The van der Waals surface area contributed by atoms with Gasteiger partial charge in [0, 0.05) is 29.2 Å². The number of carbonyl (C=O) groups is 4. The molecule has 46 heavy (non-hydrogen) atoms. The largest absolute Gasteiger partial charge is 0.497 e. The summed E-state index contributed by atoms with van der Waals surface area (Å²) in [7, 11) is 1.59. The minimum atomic E-state index is -0.737. The van der Waals surface area contributed by atoms with Crippen LogP contribution in [0.15, 0.2) is 47.5 Å². The maximum atomic E-state index is 13.1. The molecular formula is C31H37ClN8O6. The molecule has 1 aliphatic rings. The number of rotatable bonds is 11. The standard InChI is InChI=1S/C31H37ClN8O6/c1-18-38-39-29-23(15-25(41)33-12-13-34-26(42)16-35-27(43)17-36-30(44)46-31(2,3)4)37-28(19-6-8-20(32)9-7-19)22-14-21(45-5)10-11-24(22)40(18)29/h6-11,14,23H,12-13,15-17H2,1-5H3,(H,33,41)(H,34,42)(H,35,43)(H,36,44). The number of nitrogens with zero attached hydrogens (tertiary/aromatic N) is 4. The third kappa shape index (κ3) is 9.03. The molecule has 15 heteroatoms. The maximum absolute atomic E-state index is 13.1. The van der Waals surface area contributed by atoms with Gasteiger partial charge in [0.25, 0.3) is 0 Å². The van der Waals surface area contributed by atoms with E-state index in [2.05, 4.69) is 31.5 Å². The van der Waals surface area contributed by atoms with Gasteiger partial charge < -0.3 is 30.7 Å². The van der Waals surface area contributed by atoms with Crippen LogP contribution in [0.3, 0.4) is 0 Å². The summed E-state index contributed by atoms with van der Waals surface area (Å²) in [5.74, 6) is 0.458. The van der Waals surface area contributed by atoms with Crippen molar-refractivity contribution in [1.29, 1.82) is 0 Å². The number of ether oxygens (including phenoxy) is 2. The fourth-order valence-electron chi connectivity index (χ4n) is 4.60. The molecule has 244 valence electrons. The predicted molar refractivity (Wildman–Crippen MR) is 170 cm³/mol. The summed E-state index contributed by atoms with van der Waals surface area (Å²) in [5, 5.41) is 19.4. The third-order valence-corrected chi connectivity index (χ3v) is 6.89. The molecule has 4 amide bonds. The van der Waals surface area contributed by atoms with Crippen molar-refractivity contribution in [3.05, 3.63) is 70.3 Å². The monoisotopic (exact) mass is 652 g/mol. The third-order valence-electron chi connectivity index (χ3n) is 6.64. The van der Waals surface area contributed by atoms with Crippen molar-refractivity contribution in [2.75, 3.05) is 33.3 Å². The molecule has 0 spiro atoms. The van der Waals surface area contributed by atoms with Crippen LogP contribution in [0.4, 0.5) is 4.79 Å². The number of aliphatic imine (C=N–C) groups is 1. The minimum absolute atomic E-state index is 0.0327. The number of hydrogen-bond acceptors (Lipinski definition) is 9. The molecule has 0 fully saturated rings. The first-order valence-electron chi connectivity index (χ1n) is 14.6. The molecule has 2 aromatic carbocycles. The van der Waals surface area contributed by atoms with Crippen LogP contribution in [0, 0.1) is 6.92 Å². The van der Waals surface area contributed by atoms with Gasteiger partial charge in [-0.3, -0.25) is 23.9 Å². The van der Waals surface area contributed by atoms with E-state index in [9.17, 15) is 19.2 Å². The number of hydrogen-bond donors (Lipinski definition) is 4. The quantitative estimate of drug-likeness (QED) is 0.228. The SMILES string of the molecule is COc1ccc2c(c1)C(c1ccc(Cl)cc1)=NC(CC(=O)NCCNC(=O)CNC(=O)CNC(=O)OC(C)(C)C)c1nnc(C)n1-2. The Morgan fingerprint density at radius 2 is 1.54 bits per heavy atom. The normalized spacial score (nSPS) is 13.7. The second kappa shape index (κ2) is 14.9. The number of fused-ring (bicyclic) bond motifs is 3. The lowest BCUT2D eigenvalue weighted by atomic mass is 10.00. The molecule has 0 bridgehead atoms. The number of halogens is 1. The Balaban J connectivity index is 1.36. The lowest BCUT2D eigenvalue weighted by molar-refractivity contribution is -0.125. The summed E-state index contributed by atoms with van der Waals surface area (Å²) < 4.78 is 12.4. The highest BCUT2D eigenvalue weighted by Crippen LogP contribution is 2.34. The van der Waals surface area contributed by atoms with Crippen molar-refractivity contribution < 1.29 is 28.7 Å². The Bertz CT molecular complexity index is 1630. The number of methoxy groups -OCH3 is 1. The highest BCUT2D eigenvalue weighted by atomic mass is 35.5. The number of alkyl carbamates (subject to hydrolysis) is 1. The van der Waals surface area contributed by atoms with Gasteiger partial charge in [0.05, 0.1) is 31.5 Å².